The molecule has 1 atom stereocenters. The number of thiophene rings is 1. The van der Waals surface area contributed by atoms with E-state index in [9.17, 15) is 9.59 Å². The van der Waals surface area contributed by atoms with Gasteiger partial charge in [0, 0.05) is 70.1 Å². The van der Waals surface area contributed by atoms with Gasteiger partial charge in [0.2, 0.25) is 5.91 Å². The second-order valence-corrected chi connectivity index (χ2v) is 7.87. The van der Waals surface area contributed by atoms with E-state index in [1.165, 1.54) is 4.88 Å². The van der Waals surface area contributed by atoms with E-state index in [2.05, 4.69) is 27.7 Å². The van der Waals surface area contributed by atoms with Crippen molar-refractivity contribution in [2.24, 2.45) is 5.41 Å². The first-order chi connectivity index (χ1) is 11.0. The van der Waals surface area contributed by atoms with Gasteiger partial charge in [-0.2, -0.15) is 0 Å². The van der Waals surface area contributed by atoms with Crippen LogP contribution in [0.2, 0.25) is 0 Å². The minimum absolute atomic E-state index is 0.0293. The predicted molar refractivity (Wildman–Crippen MR) is 90.3 cm³/mol. The minimum atomic E-state index is -0.170. The maximum absolute atomic E-state index is 12.4. The number of nitrogens with one attached hydrogen (secondary N) is 1. The molecule has 0 saturated carbocycles. The molecule has 2 aliphatic rings. The largest absolute Gasteiger partial charge is 0.355 e. The highest BCUT2D eigenvalue weighted by atomic mass is 32.1. The second kappa shape index (κ2) is 6.49. The van der Waals surface area contributed by atoms with Crippen LogP contribution in [0.5, 0.6) is 0 Å². The van der Waals surface area contributed by atoms with Gasteiger partial charge >= 0.3 is 6.03 Å². The highest BCUT2D eigenvalue weighted by Crippen LogP contribution is 2.32. The minimum Gasteiger partial charge on any atom is -0.355 e. The number of nitrogens with zero attached hydrogens (tertiary/aromatic N) is 3. The summed E-state index contributed by atoms with van der Waals surface area (Å²) in [7, 11) is 3.56. The SMILES string of the molecule is CN(C)C(=O)N1CCN(Cc2cccs2)C[C@@]2(CNC(=O)C2)C1. The van der Waals surface area contributed by atoms with E-state index in [0.29, 0.717) is 26.1 Å². The monoisotopic (exact) mass is 336 g/mol. The number of hydrogen-bond acceptors (Lipinski definition) is 4. The Labute approximate surface area is 141 Å². The lowest BCUT2D eigenvalue weighted by molar-refractivity contribution is -0.119. The molecule has 1 aromatic heterocycles. The standard InChI is InChI=1S/C16H24N4O2S/c1-18(2)15(22)20-6-5-19(9-13-4-3-7-23-13)11-16(12-20)8-14(21)17-10-16/h3-4,7H,5-6,8-12H2,1-2H3,(H,17,21)/t16-/m1/s1. The molecule has 1 N–H and O–H groups in total. The summed E-state index contributed by atoms with van der Waals surface area (Å²) in [5.41, 5.74) is -0.170. The van der Waals surface area contributed by atoms with Crippen LogP contribution in [0.25, 0.3) is 0 Å². The summed E-state index contributed by atoms with van der Waals surface area (Å²) in [5, 5.41) is 5.05. The van der Waals surface area contributed by atoms with Crippen LogP contribution in [0, 0.1) is 5.41 Å². The highest BCUT2D eigenvalue weighted by Gasteiger charge is 2.44. The summed E-state index contributed by atoms with van der Waals surface area (Å²) in [4.78, 5) is 31.5. The van der Waals surface area contributed by atoms with E-state index in [4.69, 9.17) is 0 Å². The van der Waals surface area contributed by atoms with Crippen LogP contribution in [0.3, 0.4) is 0 Å². The number of urea groups is 1. The zero-order chi connectivity index (χ0) is 16.4. The molecule has 0 radical (unpaired) electrons. The maximum atomic E-state index is 12.4. The van der Waals surface area contributed by atoms with Crippen molar-refractivity contribution in [3.05, 3.63) is 22.4 Å². The number of amides is 3. The molecule has 0 unspecified atom stereocenters. The lowest BCUT2D eigenvalue weighted by Crippen LogP contribution is -2.46. The Bertz CT molecular complexity index is 575. The first kappa shape index (κ1) is 16.3. The average molecular weight is 336 g/mol. The third-order valence-corrected chi connectivity index (χ3v) is 5.44. The van der Waals surface area contributed by atoms with E-state index < -0.39 is 0 Å². The lowest BCUT2D eigenvalue weighted by Gasteiger charge is -2.33. The van der Waals surface area contributed by atoms with Gasteiger partial charge in [-0.25, -0.2) is 4.79 Å². The van der Waals surface area contributed by atoms with Gasteiger partial charge in [-0.1, -0.05) is 6.07 Å². The molecule has 3 heterocycles. The number of carbonyl (C=O) groups is 2. The quantitative estimate of drug-likeness (QED) is 0.878. The fourth-order valence-corrected chi connectivity index (χ4v) is 4.27. The Morgan fingerprint density at radius 3 is 2.83 bits per heavy atom. The summed E-state index contributed by atoms with van der Waals surface area (Å²) in [5.74, 6) is 0.0974. The van der Waals surface area contributed by atoms with Crippen molar-refractivity contribution in [3.63, 3.8) is 0 Å². The van der Waals surface area contributed by atoms with Crippen LogP contribution >= 0.6 is 11.3 Å². The van der Waals surface area contributed by atoms with E-state index in [1.54, 1.807) is 30.3 Å². The van der Waals surface area contributed by atoms with E-state index in [0.717, 1.165) is 19.6 Å². The van der Waals surface area contributed by atoms with Crippen molar-refractivity contribution in [1.82, 2.24) is 20.0 Å². The molecule has 2 saturated heterocycles. The molecular formula is C16H24N4O2S. The molecule has 3 rings (SSSR count). The Morgan fingerprint density at radius 2 is 2.22 bits per heavy atom. The van der Waals surface area contributed by atoms with Gasteiger partial charge < -0.3 is 15.1 Å². The lowest BCUT2D eigenvalue weighted by atomic mass is 9.86. The van der Waals surface area contributed by atoms with Crippen LogP contribution in [-0.4, -0.2) is 73.5 Å². The molecule has 0 aromatic carbocycles. The smallest absolute Gasteiger partial charge is 0.319 e. The van der Waals surface area contributed by atoms with E-state index >= 15 is 0 Å². The molecule has 1 spiro atoms. The molecule has 1 aromatic rings. The van der Waals surface area contributed by atoms with Crippen LogP contribution in [0.4, 0.5) is 4.79 Å². The first-order valence-corrected chi connectivity index (χ1v) is 8.83. The van der Waals surface area contributed by atoms with Gasteiger partial charge in [0.25, 0.3) is 0 Å². The van der Waals surface area contributed by atoms with Crippen LogP contribution in [0.1, 0.15) is 11.3 Å². The molecule has 23 heavy (non-hydrogen) atoms. The molecule has 3 amide bonds. The number of rotatable bonds is 2. The zero-order valence-corrected chi connectivity index (χ0v) is 14.6. The highest BCUT2D eigenvalue weighted by molar-refractivity contribution is 7.09. The van der Waals surface area contributed by atoms with Crippen LogP contribution < -0.4 is 5.32 Å². The Kier molecular flexibility index (Phi) is 4.59. The van der Waals surface area contributed by atoms with Gasteiger partial charge in [-0.15, -0.1) is 11.3 Å². The fraction of sp³-hybridized carbons (Fsp3) is 0.625. The van der Waals surface area contributed by atoms with Crippen molar-refractivity contribution >= 4 is 23.3 Å². The van der Waals surface area contributed by atoms with E-state index in [1.807, 2.05) is 4.90 Å². The van der Waals surface area contributed by atoms with Gasteiger partial charge in [-0.3, -0.25) is 9.69 Å². The Balaban J connectivity index is 1.78. The van der Waals surface area contributed by atoms with Gasteiger partial charge in [0.15, 0.2) is 0 Å². The molecule has 0 aliphatic carbocycles. The van der Waals surface area contributed by atoms with Crippen molar-refractivity contribution in [1.29, 1.82) is 0 Å². The molecule has 2 aliphatic heterocycles. The van der Waals surface area contributed by atoms with Crippen LogP contribution in [-0.2, 0) is 11.3 Å². The summed E-state index contributed by atoms with van der Waals surface area (Å²) >= 11 is 1.75. The summed E-state index contributed by atoms with van der Waals surface area (Å²) in [6, 6.07) is 4.24. The number of hydrogen-bond donors (Lipinski definition) is 1. The third kappa shape index (κ3) is 3.67. The molecule has 2 fully saturated rings. The van der Waals surface area contributed by atoms with Crippen molar-refractivity contribution < 1.29 is 9.59 Å². The average Bonchev–Trinajstić information content (AvgIpc) is 3.08. The van der Waals surface area contributed by atoms with Gasteiger partial charge in [0.05, 0.1) is 0 Å². The van der Waals surface area contributed by atoms with E-state index in [-0.39, 0.29) is 17.4 Å². The molecular weight excluding hydrogens is 312 g/mol. The van der Waals surface area contributed by atoms with Crippen LogP contribution in [0.15, 0.2) is 17.5 Å². The Morgan fingerprint density at radius 1 is 1.39 bits per heavy atom. The van der Waals surface area contributed by atoms with Gasteiger partial charge in [-0.05, 0) is 11.4 Å². The second-order valence-electron chi connectivity index (χ2n) is 6.84. The van der Waals surface area contributed by atoms with Crippen molar-refractivity contribution in [2.75, 3.05) is 46.8 Å². The Hall–Kier alpha value is -1.60. The third-order valence-electron chi connectivity index (χ3n) is 4.58. The normalized spacial score (nSPS) is 25.5. The van der Waals surface area contributed by atoms with Gasteiger partial charge in [0.1, 0.15) is 0 Å². The summed E-state index contributed by atoms with van der Waals surface area (Å²) in [6.07, 6.45) is 0.505. The molecule has 7 heteroatoms. The number of carbonyl (C=O) groups excluding carboxylic acids is 2. The molecule has 6 nitrogen and oxygen atoms in total. The first-order valence-electron chi connectivity index (χ1n) is 7.95. The maximum Gasteiger partial charge on any atom is 0.319 e. The summed E-state index contributed by atoms with van der Waals surface area (Å²) in [6.45, 7) is 4.58. The summed E-state index contributed by atoms with van der Waals surface area (Å²) < 4.78 is 0. The fourth-order valence-electron chi connectivity index (χ4n) is 3.53. The zero-order valence-electron chi connectivity index (χ0n) is 13.7. The van der Waals surface area contributed by atoms with Crippen molar-refractivity contribution in [2.45, 2.75) is 13.0 Å². The predicted octanol–water partition coefficient (Wildman–Crippen LogP) is 1.05. The molecule has 126 valence electrons. The van der Waals surface area contributed by atoms with Crippen molar-refractivity contribution in [3.8, 4) is 0 Å². The molecule has 0 bridgehead atoms. The topological polar surface area (TPSA) is 55.9 Å².